The number of nitro benzene ring substituents is 2. The first-order valence-corrected chi connectivity index (χ1v) is 10.7. The van der Waals surface area contributed by atoms with Gasteiger partial charge in [0.25, 0.3) is 0 Å². The molecule has 0 heterocycles. The predicted octanol–water partition coefficient (Wildman–Crippen LogP) is 2.27. The Morgan fingerprint density at radius 3 is 1.34 bits per heavy atom. The predicted molar refractivity (Wildman–Crippen MR) is 92.5 cm³/mol. The zero-order chi connectivity index (χ0) is 21.6. The fourth-order valence-electron chi connectivity index (χ4n) is 1.79. The van der Waals surface area contributed by atoms with Gasteiger partial charge in [-0.15, -0.1) is 0 Å². The van der Waals surface area contributed by atoms with Crippen molar-refractivity contribution in [2.45, 2.75) is 13.8 Å². The van der Waals surface area contributed by atoms with Crippen molar-refractivity contribution in [2.75, 3.05) is 13.2 Å². The van der Waals surface area contributed by atoms with Crippen LogP contribution in [0.3, 0.4) is 0 Å². The number of benzene rings is 2. The molecular weight excluding hydrogens is 478 g/mol. The van der Waals surface area contributed by atoms with Gasteiger partial charge in [-0.3, -0.25) is 0 Å². The van der Waals surface area contributed by atoms with Gasteiger partial charge in [-0.2, -0.15) is 0 Å². The van der Waals surface area contributed by atoms with E-state index >= 15 is 0 Å². The summed E-state index contributed by atoms with van der Waals surface area (Å²) in [6, 6.07) is 10.4. The Balaban J connectivity index is 1.87. The van der Waals surface area contributed by atoms with Crippen LogP contribution in [0.4, 0.5) is 11.4 Å². The van der Waals surface area contributed by atoms with Gasteiger partial charge in [-0.05, 0) is 0 Å². The molecule has 0 radical (unpaired) electrons. The average molecular weight is 496 g/mol. The molecule has 0 bridgehead atoms. The molecule has 0 aliphatic heterocycles. The molecule has 0 unspecified atom stereocenters. The topological polar surface area (TPSA) is 139 Å². The number of nitro groups is 2. The van der Waals surface area contributed by atoms with Crippen LogP contribution in [0.1, 0.15) is 13.8 Å². The Bertz CT molecular complexity index is 854. The number of rotatable bonds is 10. The van der Waals surface area contributed by atoms with Gasteiger partial charge in [-0.1, -0.05) is 0 Å². The Labute approximate surface area is 174 Å². The summed E-state index contributed by atoms with van der Waals surface area (Å²) in [5.74, 6) is 0. The standard InChI is InChI=1S/2C6H4NO2.C5H10O2.2Co.2O/c2*8-7(9)6-4-2-1-3-5-6;1-5(2,3-6)4-7;;;;/h2*2-5H;3-4H2,1-2H3;;;;/q;;-2;2*+1;;. The van der Waals surface area contributed by atoms with Gasteiger partial charge >= 0.3 is 175 Å². The average Bonchev–Trinajstić information content (AvgIpc) is 2.70. The van der Waals surface area contributed by atoms with Gasteiger partial charge in [0.1, 0.15) is 0 Å². The molecule has 0 amide bonds. The fraction of sp³-hybridized carbons (Fsp3) is 0.294. The van der Waals surface area contributed by atoms with Crippen LogP contribution in [0.15, 0.2) is 48.5 Å². The first-order chi connectivity index (χ1) is 13.6. The molecular formula is C17H18Co2N2O8. The minimum absolute atomic E-state index is 0.0290. The number of nitrogens with zero attached hydrogens (tertiary/aromatic N) is 2. The van der Waals surface area contributed by atoms with Gasteiger partial charge in [0.15, 0.2) is 0 Å². The van der Waals surface area contributed by atoms with Crippen molar-refractivity contribution >= 4 is 20.4 Å². The first kappa shape index (κ1) is 23.1. The van der Waals surface area contributed by atoms with E-state index in [4.69, 9.17) is 7.70 Å². The van der Waals surface area contributed by atoms with Crippen LogP contribution in [-0.4, -0.2) is 23.1 Å². The van der Waals surface area contributed by atoms with E-state index in [1.54, 1.807) is 13.8 Å². The molecule has 0 saturated carbocycles. The zero-order valence-electron chi connectivity index (χ0n) is 15.4. The SMILES string of the molecule is CC(C)(C[O][Co](=[O])[c]1ccc([N+](=O)[O-])cc1)C[O][Co](=[O])[c]1ccc([N+](=O)[O-])cc1. The minimum atomic E-state index is -2.19. The van der Waals surface area contributed by atoms with E-state index in [1.165, 1.54) is 48.5 Å². The number of hydrogen-bond donors (Lipinski definition) is 0. The molecule has 0 atom stereocenters. The molecule has 12 heteroatoms. The van der Waals surface area contributed by atoms with Crippen LogP contribution in [0.25, 0.3) is 0 Å². The molecule has 2 aromatic rings. The summed E-state index contributed by atoms with van der Waals surface area (Å²) >= 11 is -4.38. The molecule has 10 nitrogen and oxygen atoms in total. The summed E-state index contributed by atoms with van der Waals surface area (Å²) in [7, 11) is 0. The van der Waals surface area contributed by atoms with Crippen molar-refractivity contribution in [1.29, 1.82) is 0 Å². The number of non-ortho nitro benzene ring substituents is 2. The van der Waals surface area contributed by atoms with Gasteiger partial charge < -0.3 is 0 Å². The van der Waals surface area contributed by atoms with Crippen molar-refractivity contribution in [3.05, 3.63) is 68.8 Å². The molecule has 29 heavy (non-hydrogen) atoms. The van der Waals surface area contributed by atoms with E-state index in [1.807, 2.05) is 0 Å². The molecule has 0 aromatic heterocycles. The molecule has 2 aromatic carbocycles. The molecule has 2 rings (SSSR count). The van der Waals surface area contributed by atoms with Crippen LogP contribution in [0, 0.1) is 25.6 Å². The normalized spacial score (nSPS) is 12.3. The number of hydrogen-bond acceptors (Lipinski definition) is 8. The summed E-state index contributed by atoms with van der Waals surface area (Å²) in [5.41, 5.74) is -0.850. The van der Waals surface area contributed by atoms with Crippen molar-refractivity contribution < 1.29 is 53.1 Å². The quantitative estimate of drug-likeness (QED) is 0.361. The maximum absolute atomic E-state index is 12.2. The van der Waals surface area contributed by atoms with Crippen molar-refractivity contribution in [1.82, 2.24) is 0 Å². The van der Waals surface area contributed by atoms with E-state index in [9.17, 15) is 28.0 Å². The Hall–Kier alpha value is -2.23. The van der Waals surface area contributed by atoms with Crippen LogP contribution >= 0.6 is 0 Å². The van der Waals surface area contributed by atoms with Crippen molar-refractivity contribution in [2.24, 2.45) is 5.41 Å². The van der Waals surface area contributed by atoms with Crippen molar-refractivity contribution in [3.8, 4) is 0 Å². The molecule has 0 N–H and O–H groups in total. The fourth-order valence-corrected chi connectivity index (χ4v) is 4.14. The third kappa shape index (κ3) is 6.95. The van der Waals surface area contributed by atoms with Crippen molar-refractivity contribution in [3.63, 3.8) is 0 Å². The second-order valence-electron chi connectivity index (χ2n) is 6.44. The summed E-state index contributed by atoms with van der Waals surface area (Å²) in [5, 5.41) is 21.3. The Kier molecular flexibility index (Phi) is 7.95. The summed E-state index contributed by atoms with van der Waals surface area (Å²) in [6.45, 7) is 3.59. The molecule has 0 saturated heterocycles. The van der Waals surface area contributed by atoms with Gasteiger partial charge in [-0.25, -0.2) is 0 Å². The molecule has 0 aliphatic carbocycles. The van der Waals surface area contributed by atoms with Crippen LogP contribution in [-0.2, 0) is 43.3 Å². The third-order valence-corrected chi connectivity index (χ3v) is 5.93. The summed E-state index contributed by atoms with van der Waals surface area (Å²) < 4.78 is 35.8. The second-order valence-corrected chi connectivity index (χ2v) is 9.44. The van der Waals surface area contributed by atoms with E-state index in [-0.39, 0.29) is 24.6 Å². The molecule has 0 aliphatic rings. The van der Waals surface area contributed by atoms with Crippen LogP contribution < -0.4 is 9.00 Å². The molecule has 0 fully saturated rings. The van der Waals surface area contributed by atoms with E-state index in [0.717, 1.165) is 0 Å². The van der Waals surface area contributed by atoms with E-state index in [2.05, 4.69) is 0 Å². The van der Waals surface area contributed by atoms with E-state index < -0.39 is 43.1 Å². The first-order valence-electron chi connectivity index (χ1n) is 7.98. The maximum atomic E-state index is 12.2. The summed E-state index contributed by atoms with van der Waals surface area (Å²) in [4.78, 5) is 20.2. The van der Waals surface area contributed by atoms with Gasteiger partial charge in [0.2, 0.25) is 0 Å². The second kappa shape index (κ2) is 10.00. The third-order valence-electron chi connectivity index (χ3n) is 3.41. The van der Waals surface area contributed by atoms with Crippen LogP contribution in [0.2, 0.25) is 0 Å². The molecule has 162 valence electrons. The zero-order valence-corrected chi connectivity index (χ0v) is 17.4. The Morgan fingerprint density at radius 1 is 0.759 bits per heavy atom. The van der Waals surface area contributed by atoms with Gasteiger partial charge in [0, 0.05) is 0 Å². The Morgan fingerprint density at radius 2 is 1.07 bits per heavy atom. The summed E-state index contributed by atoms with van der Waals surface area (Å²) in [6.07, 6.45) is 0. The molecule has 0 spiro atoms. The van der Waals surface area contributed by atoms with E-state index in [0.29, 0.717) is 9.00 Å². The monoisotopic (exact) mass is 496 g/mol. The van der Waals surface area contributed by atoms with Crippen LogP contribution in [0.5, 0.6) is 0 Å². The van der Waals surface area contributed by atoms with Gasteiger partial charge in [0.05, 0.1) is 0 Å².